The maximum atomic E-state index is 12.6. The zero-order chi connectivity index (χ0) is 15.5. The number of amides is 1. The molecule has 21 heavy (non-hydrogen) atoms. The van der Waals surface area contributed by atoms with Gasteiger partial charge in [-0.3, -0.25) is 4.79 Å². The predicted molar refractivity (Wildman–Crippen MR) is 81.5 cm³/mol. The molecule has 1 aromatic heterocycles. The molecule has 1 amide bonds. The van der Waals surface area contributed by atoms with Crippen molar-refractivity contribution >= 4 is 23.6 Å². The number of carboxylic acids is 1. The van der Waals surface area contributed by atoms with Gasteiger partial charge in [-0.15, -0.1) is 0 Å². The van der Waals surface area contributed by atoms with Crippen LogP contribution in [0.1, 0.15) is 48.9 Å². The molecule has 1 aliphatic heterocycles. The smallest absolute Gasteiger partial charge is 0.329 e. The van der Waals surface area contributed by atoms with Crippen LogP contribution in [-0.2, 0) is 10.5 Å². The van der Waals surface area contributed by atoms with Crippen LogP contribution < -0.4 is 0 Å². The van der Waals surface area contributed by atoms with Gasteiger partial charge < -0.3 is 14.4 Å². The summed E-state index contributed by atoms with van der Waals surface area (Å²) in [4.78, 5) is 25.8. The molecule has 0 bridgehead atoms. The number of carbonyl (C=O) groups is 2. The van der Waals surface area contributed by atoms with Crippen molar-refractivity contribution in [2.24, 2.45) is 0 Å². The predicted octanol–water partition coefficient (Wildman–Crippen LogP) is 3.00. The number of aliphatic carboxylic acids is 1. The summed E-state index contributed by atoms with van der Waals surface area (Å²) in [6.07, 6.45) is 4.40. The van der Waals surface area contributed by atoms with E-state index in [9.17, 15) is 14.7 Å². The number of furan rings is 1. The summed E-state index contributed by atoms with van der Waals surface area (Å²) in [7, 11) is 0. The highest BCUT2D eigenvalue weighted by Gasteiger charge is 2.49. The number of hydrogen-bond donors (Lipinski definition) is 1. The molecule has 0 saturated carbocycles. The van der Waals surface area contributed by atoms with Crippen LogP contribution >= 0.6 is 11.8 Å². The SMILES string of the molecule is CCCC1(C(=O)O)CCCN1C(=O)c1ccc(CSC)o1. The maximum absolute atomic E-state index is 12.6. The second-order valence-corrected chi connectivity index (χ2v) is 6.21. The van der Waals surface area contributed by atoms with Gasteiger partial charge in [-0.1, -0.05) is 13.3 Å². The molecule has 116 valence electrons. The van der Waals surface area contributed by atoms with Crippen molar-refractivity contribution in [1.29, 1.82) is 0 Å². The average molecular weight is 311 g/mol. The lowest BCUT2D eigenvalue weighted by Gasteiger charge is -2.34. The topological polar surface area (TPSA) is 70.8 Å². The first-order valence-corrected chi connectivity index (χ1v) is 8.57. The van der Waals surface area contributed by atoms with Crippen LogP contribution in [0.5, 0.6) is 0 Å². The Bertz CT molecular complexity index is 527. The van der Waals surface area contributed by atoms with Gasteiger partial charge in [-0.25, -0.2) is 4.79 Å². The van der Waals surface area contributed by atoms with Crippen molar-refractivity contribution < 1.29 is 19.1 Å². The van der Waals surface area contributed by atoms with Gasteiger partial charge in [0, 0.05) is 6.54 Å². The van der Waals surface area contributed by atoms with Gasteiger partial charge in [0.1, 0.15) is 11.3 Å². The lowest BCUT2D eigenvalue weighted by Crippen LogP contribution is -2.53. The third-order valence-electron chi connectivity index (χ3n) is 3.95. The van der Waals surface area contributed by atoms with Crippen molar-refractivity contribution in [2.45, 2.75) is 43.9 Å². The van der Waals surface area contributed by atoms with E-state index in [1.165, 1.54) is 4.90 Å². The Kier molecular flexibility index (Phi) is 4.98. The highest BCUT2D eigenvalue weighted by atomic mass is 32.2. The third kappa shape index (κ3) is 2.95. The van der Waals surface area contributed by atoms with E-state index in [1.807, 2.05) is 13.2 Å². The van der Waals surface area contributed by atoms with Crippen molar-refractivity contribution in [2.75, 3.05) is 12.8 Å². The summed E-state index contributed by atoms with van der Waals surface area (Å²) < 4.78 is 5.54. The maximum Gasteiger partial charge on any atom is 0.329 e. The molecule has 1 aliphatic rings. The summed E-state index contributed by atoms with van der Waals surface area (Å²) in [5.74, 6) is 0.456. The molecule has 0 radical (unpaired) electrons. The lowest BCUT2D eigenvalue weighted by molar-refractivity contribution is -0.148. The second-order valence-electron chi connectivity index (χ2n) is 5.35. The van der Waals surface area contributed by atoms with Crippen LogP contribution in [0.15, 0.2) is 16.5 Å². The van der Waals surface area contributed by atoms with Gasteiger partial charge in [0.05, 0.1) is 5.75 Å². The number of thioether (sulfide) groups is 1. The van der Waals surface area contributed by atoms with Crippen molar-refractivity contribution in [3.05, 3.63) is 23.7 Å². The Morgan fingerprint density at radius 3 is 2.86 bits per heavy atom. The summed E-state index contributed by atoms with van der Waals surface area (Å²) in [5, 5.41) is 9.62. The largest absolute Gasteiger partial charge is 0.479 e. The van der Waals surface area contributed by atoms with E-state index in [4.69, 9.17) is 4.42 Å². The van der Waals surface area contributed by atoms with Crippen LogP contribution in [0, 0.1) is 0 Å². The number of likely N-dealkylation sites (tertiary alicyclic amines) is 1. The summed E-state index contributed by atoms with van der Waals surface area (Å²) in [6, 6.07) is 3.42. The first kappa shape index (κ1) is 15.9. The van der Waals surface area contributed by atoms with E-state index >= 15 is 0 Å². The molecule has 1 aromatic rings. The van der Waals surface area contributed by atoms with E-state index in [-0.39, 0.29) is 11.7 Å². The highest BCUT2D eigenvalue weighted by Crippen LogP contribution is 2.35. The monoisotopic (exact) mass is 311 g/mol. The number of hydrogen-bond acceptors (Lipinski definition) is 4. The standard InChI is InChI=1S/C15H21NO4S/c1-3-7-15(14(18)19)8-4-9-16(15)13(17)12-6-5-11(20-12)10-21-2/h5-6H,3-4,7-10H2,1-2H3,(H,18,19). The first-order chi connectivity index (χ1) is 10.0. The Labute approximate surface area is 128 Å². The van der Waals surface area contributed by atoms with Crippen molar-refractivity contribution in [3.63, 3.8) is 0 Å². The molecule has 0 spiro atoms. The van der Waals surface area contributed by atoms with Crippen molar-refractivity contribution in [1.82, 2.24) is 4.90 Å². The van der Waals surface area contributed by atoms with E-state index < -0.39 is 11.5 Å². The Balaban J connectivity index is 2.25. The summed E-state index contributed by atoms with van der Waals surface area (Å²) in [5.41, 5.74) is -1.07. The second kappa shape index (κ2) is 6.56. The fourth-order valence-corrected chi connectivity index (χ4v) is 3.46. The summed E-state index contributed by atoms with van der Waals surface area (Å²) in [6.45, 7) is 2.42. The van der Waals surface area contributed by atoms with Crippen molar-refractivity contribution in [3.8, 4) is 0 Å². The van der Waals surface area contributed by atoms with Gasteiger partial charge in [-0.2, -0.15) is 11.8 Å². The van der Waals surface area contributed by atoms with Crippen LogP contribution in [0.25, 0.3) is 0 Å². The molecule has 2 rings (SSSR count). The van der Waals surface area contributed by atoms with E-state index in [0.717, 1.165) is 18.6 Å². The molecule has 6 heteroatoms. The van der Waals surface area contributed by atoms with Crippen LogP contribution in [-0.4, -0.2) is 40.2 Å². The summed E-state index contributed by atoms with van der Waals surface area (Å²) >= 11 is 1.61. The third-order valence-corrected chi connectivity index (χ3v) is 4.53. The number of carboxylic acid groups (broad SMARTS) is 1. The van der Waals surface area contributed by atoms with E-state index in [1.54, 1.807) is 23.9 Å². The van der Waals surface area contributed by atoms with Gasteiger partial charge in [0.25, 0.3) is 5.91 Å². The number of rotatable bonds is 6. The minimum Gasteiger partial charge on any atom is -0.479 e. The quantitative estimate of drug-likeness (QED) is 0.874. The molecular weight excluding hydrogens is 290 g/mol. The normalized spacial score (nSPS) is 21.7. The molecule has 2 heterocycles. The molecule has 1 saturated heterocycles. The fraction of sp³-hybridized carbons (Fsp3) is 0.600. The lowest BCUT2D eigenvalue weighted by atomic mass is 9.90. The van der Waals surface area contributed by atoms with Gasteiger partial charge >= 0.3 is 5.97 Å². The molecule has 0 aromatic carbocycles. The zero-order valence-electron chi connectivity index (χ0n) is 12.4. The minimum atomic E-state index is -1.07. The molecule has 0 aliphatic carbocycles. The molecular formula is C15H21NO4S. The molecule has 1 fully saturated rings. The van der Waals surface area contributed by atoms with E-state index in [0.29, 0.717) is 25.1 Å². The molecule has 1 N–H and O–H groups in total. The van der Waals surface area contributed by atoms with Crippen LogP contribution in [0.4, 0.5) is 0 Å². The Morgan fingerprint density at radius 1 is 1.48 bits per heavy atom. The Morgan fingerprint density at radius 2 is 2.24 bits per heavy atom. The van der Waals surface area contributed by atoms with Crippen LogP contribution in [0.2, 0.25) is 0 Å². The first-order valence-electron chi connectivity index (χ1n) is 7.18. The fourth-order valence-electron chi connectivity index (χ4n) is 3.02. The van der Waals surface area contributed by atoms with Crippen LogP contribution in [0.3, 0.4) is 0 Å². The molecule has 1 unspecified atom stereocenters. The highest BCUT2D eigenvalue weighted by molar-refractivity contribution is 7.97. The molecule has 5 nitrogen and oxygen atoms in total. The zero-order valence-corrected chi connectivity index (χ0v) is 13.2. The van der Waals surface area contributed by atoms with Gasteiger partial charge in [-0.05, 0) is 37.7 Å². The number of carbonyl (C=O) groups excluding carboxylic acids is 1. The Hall–Kier alpha value is -1.43. The van der Waals surface area contributed by atoms with Gasteiger partial charge in [0.2, 0.25) is 0 Å². The number of nitrogens with zero attached hydrogens (tertiary/aromatic N) is 1. The van der Waals surface area contributed by atoms with Gasteiger partial charge in [0.15, 0.2) is 5.76 Å². The van der Waals surface area contributed by atoms with E-state index in [2.05, 4.69) is 0 Å². The molecule has 1 atom stereocenters. The average Bonchev–Trinajstić information content (AvgIpc) is 3.06. The minimum absolute atomic E-state index is 0.239.